The van der Waals surface area contributed by atoms with E-state index in [4.69, 9.17) is 23.2 Å². The molecule has 0 saturated heterocycles. The molecule has 36 heavy (non-hydrogen) atoms. The van der Waals surface area contributed by atoms with E-state index in [-0.39, 0.29) is 5.56 Å². The number of alkyl halides is 2. The SMILES string of the molecule is FC(F)c1cccc2c(-c3cccc(C#Cc4ccc(Cl)c(Cl)c4)c3)c(Cc3ccccc3)cnc12. The molecule has 0 fully saturated rings. The standard InChI is InChI=1S/C31H19Cl2F2N/c32-27-15-14-22(18-28(27)33)13-12-21-8-4-9-23(16-21)29-24(17-20-6-2-1-3-7-20)19-36-30-25(29)10-5-11-26(30)31(34)35/h1-11,14-16,18-19,31H,17H2. The summed E-state index contributed by atoms with van der Waals surface area (Å²) in [6.45, 7) is 0. The summed E-state index contributed by atoms with van der Waals surface area (Å²) in [7, 11) is 0. The first-order valence-corrected chi connectivity index (χ1v) is 12.1. The Morgan fingerprint density at radius 1 is 0.750 bits per heavy atom. The van der Waals surface area contributed by atoms with E-state index in [1.54, 1.807) is 24.4 Å². The van der Waals surface area contributed by atoms with Gasteiger partial charge in [0.1, 0.15) is 0 Å². The molecule has 1 heterocycles. The van der Waals surface area contributed by atoms with Gasteiger partial charge in [0.25, 0.3) is 6.43 Å². The van der Waals surface area contributed by atoms with Gasteiger partial charge in [-0.1, -0.05) is 95.7 Å². The molecule has 4 aromatic carbocycles. The third kappa shape index (κ3) is 5.11. The molecule has 0 aliphatic rings. The molecule has 0 amide bonds. The fraction of sp³-hybridized carbons (Fsp3) is 0.0645. The minimum Gasteiger partial charge on any atom is -0.255 e. The number of rotatable bonds is 4. The second kappa shape index (κ2) is 10.5. The second-order valence-electron chi connectivity index (χ2n) is 8.32. The van der Waals surface area contributed by atoms with Crippen LogP contribution < -0.4 is 0 Å². The van der Waals surface area contributed by atoms with E-state index in [0.29, 0.717) is 27.4 Å². The highest BCUT2D eigenvalue weighted by Gasteiger charge is 2.18. The molecule has 176 valence electrons. The zero-order valence-electron chi connectivity index (χ0n) is 19.0. The Hall–Kier alpha value is -3.71. The molecule has 0 saturated carbocycles. The number of fused-ring (bicyclic) bond motifs is 1. The van der Waals surface area contributed by atoms with Crippen molar-refractivity contribution in [2.75, 3.05) is 0 Å². The number of pyridine rings is 1. The van der Waals surface area contributed by atoms with E-state index in [1.165, 1.54) is 6.07 Å². The van der Waals surface area contributed by atoms with Crippen LogP contribution in [0.25, 0.3) is 22.0 Å². The monoisotopic (exact) mass is 513 g/mol. The van der Waals surface area contributed by atoms with Crippen LogP contribution >= 0.6 is 23.2 Å². The molecule has 1 nitrogen and oxygen atoms in total. The van der Waals surface area contributed by atoms with Crippen molar-refractivity contribution in [3.8, 4) is 23.0 Å². The fourth-order valence-corrected chi connectivity index (χ4v) is 4.52. The Bertz CT molecular complexity index is 1620. The number of benzene rings is 4. The number of para-hydroxylation sites is 1. The molecular formula is C31H19Cl2F2N. The average molecular weight is 514 g/mol. The van der Waals surface area contributed by atoms with E-state index in [2.05, 4.69) is 16.8 Å². The predicted molar refractivity (Wildman–Crippen MR) is 144 cm³/mol. The Morgan fingerprint density at radius 3 is 2.25 bits per heavy atom. The molecule has 0 bridgehead atoms. The Labute approximate surface area is 218 Å². The van der Waals surface area contributed by atoms with Gasteiger partial charge in [-0.05, 0) is 59.0 Å². The van der Waals surface area contributed by atoms with Gasteiger partial charge >= 0.3 is 0 Å². The second-order valence-corrected chi connectivity index (χ2v) is 9.14. The summed E-state index contributed by atoms with van der Waals surface area (Å²) in [5.74, 6) is 6.30. The van der Waals surface area contributed by atoms with Gasteiger partial charge in [-0.3, -0.25) is 4.98 Å². The first kappa shape index (κ1) is 24.0. The van der Waals surface area contributed by atoms with Crippen LogP contribution in [0, 0.1) is 11.8 Å². The first-order chi connectivity index (χ1) is 17.5. The summed E-state index contributed by atoms with van der Waals surface area (Å²) >= 11 is 12.1. The Morgan fingerprint density at radius 2 is 1.50 bits per heavy atom. The highest BCUT2D eigenvalue weighted by molar-refractivity contribution is 6.42. The molecule has 5 aromatic rings. The fourth-order valence-electron chi connectivity index (χ4n) is 4.22. The van der Waals surface area contributed by atoms with Gasteiger partial charge in [0.15, 0.2) is 0 Å². The van der Waals surface area contributed by atoms with Crippen LogP contribution in [0.15, 0.2) is 97.2 Å². The quantitative estimate of drug-likeness (QED) is 0.218. The minimum atomic E-state index is -2.61. The third-order valence-corrected chi connectivity index (χ3v) is 6.64. The van der Waals surface area contributed by atoms with Crippen molar-refractivity contribution in [2.24, 2.45) is 0 Å². The minimum absolute atomic E-state index is 0.0735. The van der Waals surface area contributed by atoms with Gasteiger partial charge in [-0.2, -0.15) is 0 Å². The molecule has 0 unspecified atom stereocenters. The van der Waals surface area contributed by atoms with Crippen molar-refractivity contribution >= 4 is 34.1 Å². The molecule has 5 heteroatoms. The van der Waals surface area contributed by atoms with Gasteiger partial charge in [-0.15, -0.1) is 0 Å². The topological polar surface area (TPSA) is 12.9 Å². The third-order valence-electron chi connectivity index (χ3n) is 5.90. The Kier molecular flexibility index (Phi) is 7.00. The lowest BCUT2D eigenvalue weighted by Crippen LogP contribution is -1.98. The van der Waals surface area contributed by atoms with E-state index in [0.717, 1.165) is 33.4 Å². The number of halogens is 4. The molecular weight excluding hydrogens is 495 g/mol. The molecule has 0 aliphatic heterocycles. The zero-order chi connectivity index (χ0) is 25.1. The van der Waals surface area contributed by atoms with Crippen LogP contribution in [-0.4, -0.2) is 4.98 Å². The van der Waals surface area contributed by atoms with E-state index < -0.39 is 6.43 Å². The zero-order valence-corrected chi connectivity index (χ0v) is 20.5. The molecule has 0 aliphatic carbocycles. The lowest BCUT2D eigenvalue weighted by Gasteiger charge is -2.15. The predicted octanol–water partition coefficient (Wildman–Crippen LogP) is 9.14. The highest BCUT2D eigenvalue weighted by Crippen LogP contribution is 2.36. The lowest BCUT2D eigenvalue weighted by molar-refractivity contribution is 0.153. The van der Waals surface area contributed by atoms with Gasteiger partial charge in [0, 0.05) is 28.3 Å². The van der Waals surface area contributed by atoms with Crippen LogP contribution in [0.2, 0.25) is 10.0 Å². The number of hydrogen-bond acceptors (Lipinski definition) is 1. The normalized spacial score (nSPS) is 10.9. The molecule has 0 spiro atoms. The molecule has 5 rings (SSSR count). The van der Waals surface area contributed by atoms with E-state index >= 15 is 0 Å². The number of hydrogen-bond donors (Lipinski definition) is 0. The maximum absolute atomic E-state index is 13.8. The van der Waals surface area contributed by atoms with Crippen molar-refractivity contribution in [1.82, 2.24) is 4.98 Å². The summed E-state index contributed by atoms with van der Waals surface area (Å²) in [5.41, 5.74) is 5.61. The summed E-state index contributed by atoms with van der Waals surface area (Å²) in [4.78, 5) is 4.47. The molecule has 0 atom stereocenters. The van der Waals surface area contributed by atoms with Crippen LogP contribution in [0.4, 0.5) is 8.78 Å². The first-order valence-electron chi connectivity index (χ1n) is 11.3. The molecule has 0 radical (unpaired) electrons. The maximum atomic E-state index is 13.8. The highest BCUT2D eigenvalue weighted by atomic mass is 35.5. The summed E-state index contributed by atoms with van der Waals surface area (Å²) < 4.78 is 27.6. The largest absolute Gasteiger partial charge is 0.265 e. The summed E-state index contributed by atoms with van der Waals surface area (Å²) in [5, 5.41) is 1.61. The van der Waals surface area contributed by atoms with Crippen molar-refractivity contribution < 1.29 is 8.78 Å². The van der Waals surface area contributed by atoms with Gasteiger partial charge in [0.2, 0.25) is 0 Å². The van der Waals surface area contributed by atoms with Crippen LogP contribution in [0.5, 0.6) is 0 Å². The number of nitrogens with zero attached hydrogens (tertiary/aromatic N) is 1. The molecule has 1 aromatic heterocycles. The smallest absolute Gasteiger partial charge is 0.255 e. The van der Waals surface area contributed by atoms with E-state index in [9.17, 15) is 8.78 Å². The van der Waals surface area contributed by atoms with Crippen molar-refractivity contribution in [1.29, 1.82) is 0 Å². The van der Waals surface area contributed by atoms with Gasteiger partial charge in [-0.25, -0.2) is 8.78 Å². The van der Waals surface area contributed by atoms with E-state index in [1.807, 2.05) is 66.7 Å². The van der Waals surface area contributed by atoms with Crippen molar-refractivity contribution in [3.63, 3.8) is 0 Å². The van der Waals surface area contributed by atoms with Crippen molar-refractivity contribution in [2.45, 2.75) is 12.8 Å². The summed E-state index contributed by atoms with van der Waals surface area (Å²) in [6, 6.07) is 28.0. The van der Waals surface area contributed by atoms with Crippen LogP contribution in [0.3, 0.4) is 0 Å². The summed E-state index contributed by atoms with van der Waals surface area (Å²) in [6.07, 6.45) is -0.278. The van der Waals surface area contributed by atoms with Crippen LogP contribution in [-0.2, 0) is 6.42 Å². The van der Waals surface area contributed by atoms with Gasteiger partial charge < -0.3 is 0 Å². The number of aromatic nitrogens is 1. The molecule has 0 N–H and O–H groups in total. The van der Waals surface area contributed by atoms with Crippen LogP contribution in [0.1, 0.15) is 34.2 Å². The van der Waals surface area contributed by atoms with Gasteiger partial charge in [0.05, 0.1) is 15.6 Å². The maximum Gasteiger partial charge on any atom is 0.265 e. The van der Waals surface area contributed by atoms with Crippen molar-refractivity contribution in [3.05, 3.63) is 135 Å². The lowest BCUT2D eigenvalue weighted by atomic mass is 9.91. The Balaban J connectivity index is 1.65. The average Bonchev–Trinajstić information content (AvgIpc) is 2.89.